The highest BCUT2D eigenvalue weighted by Gasteiger charge is 2.52. The van der Waals surface area contributed by atoms with Gasteiger partial charge in [-0.1, -0.05) is 36.4 Å². The van der Waals surface area contributed by atoms with E-state index in [1.165, 1.54) is 0 Å². The topological polar surface area (TPSA) is 286 Å². The van der Waals surface area contributed by atoms with Crippen LogP contribution in [-0.4, -0.2) is 170 Å². The normalized spacial score (nSPS) is 39.0. The molecule has 276 valence electrons. The Morgan fingerprint density at radius 1 is 0.540 bits per heavy atom. The lowest BCUT2D eigenvalue weighted by Crippen LogP contribution is -2.66. The molecule has 2 aromatic rings. The molecule has 0 spiro atoms. The zero-order valence-electron chi connectivity index (χ0n) is 26.4. The van der Waals surface area contributed by atoms with Crippen LogP contribution >= 0.6 is 0 Å². The molecule has 0 radical (unpaired) electrons. The van der Waals surface area contributed by atoms with Gasteiger partial charge in [0.05, 0.1) is 6.61 Å². The van der Waals surface area contributed by atoms with Crippen LogP contribution in [-0.2, 0) is 23.7 Å². The molecule has 3 fully saturated rings. The number of hydrogen-bond donors (Lipinski definition) is 11. The maximum absolute atomic E-state index is 12.8. The number of carbonyl (C=O) groups is 2. The lowest BCUT2D eigenvalue weighted by atomic mass is 9.96. The highest BCUT2D eigenvalue weighted by atomic mass is 16.7. The summed E-state index contributed by atoms with van der Waals surface area (Å²) in [5, 5.41) is 99.2. The van der Waals surface area contributed by atoms with Crippen LogP contribution in [0.25, 0.3) is 0 Å². The van der Waals surface area contributed by atoms with Crippen molar-refractivity contribution in [1.29, 1.82) is 0 Å². The summed E-state index contributed by atoms with van der Waals surface area (Å²) in [5.74, 6) is -1.06. The second kappa shape index (κ2) is 16.9. The van der Waals surface area contributed by atoms with Gasteiger partial charge in [0.2, 0.25) is 0 Å². The first-order valence-corrected chi connectivity index (χ1v) is 15.9. The van der Waals surface area contributed by atoms with Gasteiger partial charge >= 0.3 is 0 Å². The van der Waals surface area contributed by atoms with Gasteiger partial charge in [0, 0.05) is 24.2 Å². The number of aliphatic hydroxyl groups excluding tert-OH is 9. The molecule has 50 heavy (non-hydrogen) atoms. The summed E-state index contributed by atoms with van der Waals surface area (Å²) < 4.78 is 28.1. The van der Waals surface area contributed by atoms with Gasteiger partial charge in [0.1, 0.15) is 73.2 Å². The quantitative estimate of drug-likeness (QED) is 0.104. The Hall–Kier alpha value is -3.18. The molecule has 3 saturated heterocycles. The van der Waals surface area contributed by atoms with Crippen molar-refractivity contribution in [2.75, 3.05) is 19.7 Å². The molecule has 3 heterocycles. The predicted octanol–water partition coefficient (Wildman–Crippen LogP) is -4.70. The van der Waals surface area contributed by atoms with Crippen molar-refractivity contribution in [3.05, 3.63) is 71.8 Å². The first-order valence-electron chi connectivity index (χ1n) is 15.9. The van der Waals surface area contributed by atoms with E-state index < -0.39 is 111 Å². The summed E-state index contributed by atoms with van der Waals surface area (Å²) in [4.78, 5) is 25.4. The lowest BCUT2D eigenvalue weighted by Gasteiger charge is -2.46. The summed E-state index contributed by atoms with van der Waals surface area (Å²) in [6, 6.07) is 16.2. The van der Waals surface area contributed by atoms with Crippen molar-refractivity contribution in [3.8, 4) is 0 Å². The van der Waals surface area contributed by atoms with Crippen LogP contribution in [0.2, 0.25) is 0 Å². The smallest absolute Gasteiger partial charge is 0.251 e. The van der Waals surface area contributed by atoms with Crippen molar-refractivity contribution < 1.29 is 79.2 Å². The number of nitrogens with one attached hydrogen (secondary N) is 2. The van der Waals surface area contributed by atoms with Crippen LogP contribution in [0.3, 0.4) is 0 Å². The molecule has 11 N–H and O–H groups in total. The highest BCUT2D eigenvalue weighted by molar-refractivity contribution is 5.94. The van der Waals surface area contributed by atoms with Crippen LogP contribution in [0.5, 0.6) is 0 Å². The van der Waals surface area contributed by atoms with E-state index in [9.17, 15) is 55.5 Å². The van der Waals surface area contributed by atoms with Crippen LogP contribution in [0.15, 0.2) is 60.7 Å². The van der Waals surface area contributed by atoms with Crippen molar-refractivity contribution in [1.82, 2.24) is 10.6 Å². The zero-order valence-corrected chi connectivity index (χ0v) is 26.4. The van der Waals surface area contributed by atoms with E-state index in [0.717, 1.165) is 0 Å². The molecule has 15 atom stereocenters. The van der Waals surface area contributed by atoms with Gasteiger partial charge in [-0.2, -0.15) is 0 Å². The minimum absolute atomic E-state index is 0.278. The van der Waals surface area contributed by atoms with E-state index in [1.54, 1.807) is 60.7 Å². The van der Waals surface area contributed by atoms with Crippen molar-refractivity contribution in [3.63, 3.8) is 0 Å². The lowest BCUT2D eigenvalue weighted by molar-refractivity contribution is -0.359. The first kappa shape index (κ1) is 38.1. The SMILES string of the molecule is O=C(NC[C@H]1O[C@H](O[C@H]2[C@H](O)[C@@H](O)[C@H](OC[C@H]3OC(O)[C@H](O)[C@@H](O)[C@H]3O)O[C@@H]2CNC(=O)c2ccccc2)[C@H](O)[C@@H](O)[C@@H]1O)c1ccccc1. The molecule has 2 aromatic carbocycles. The zero-order chi connectivity index (χ0) is 36.1. The molecule has 2 amide bonds. The number of amides is 2. The van der Waals surface area contributed by atoms with Gasteiger partial charge in [0.25, 0.3) is 11.8 Å². The van der Waals surface area contributed by atoms with Gasteiger partial charge in [-0.25, -0.2) is 0 Å². The summed E-state index contributed by atoms with van der Waals surface area (Å²) in [6.45, 7) is -1.32. The van der Waals surface area contributed by atoms with E-state index in [1.807, 2.05) is 0 Å². The van der Waals surface area contributed by atoms with Crippen LogP contribution < -0.4 is 10.6 Å². The Morgan fingerprint density at radius 3 is 1.60 bits per heavy atom. The first-order chi connectivity index (χ1) is 23.9. The number of hydrogen-bond acceptors (Lipinski definition) is 16. The molecule has 0 aromatic heterocycles. The Morgan fingerprint density at radius 2 is 1.02 bits per heavy atom. The minimum atomic E-state index is -1.89. The Balaban J connectivity index is 1.29. The second-order valence-electron chi connectivity index (χ2n) is 12.2. The van der Waals surface area contributed by atoms with Crippen LogP contribution in [0, 0.1) is 0 Å². The summed E-state index contributed by atoms with van der Waals surface area (Å²) in [7, 11) is 0. The number of rotatable bonds is 11. The monoisotopic (exact) mass is 710 g/mol. The van der Waals surface area contributed by atoms with E-state index in [2.05, 4.69) is 10.6 Å². The second-order valence-corrected chi connectivity index (χ2v) is 12.2. The van der Waals surface area contributed by atoms with E-state index in [-0.39, 0.29) is 18.7 Å². The third-order valence-electron chi connectivity index (χ3n) is 8.71. The Bertz CT molecular complexity index is 1390. The van der Waals surface area contributed by atoms with Crippen molar-refractivity contribution >= 4 is 11.8 Å². The van der Waals surface area contributed by atoms with Gasteiger partial charge in [-0.15, -0.1) is 0 Å². The summed E-state index contributed by atoms with van der Waals surface area (Å²) in [5.41, 5.74) is 0.592. The number of aliphatic hydroxyl groups is 9. The molecule has 0 aliphatic carbocycles. The third-order valence-corrected chi connectivity index (χ3v) is 8.71. The van der Waals surface area contributed by atoms with Gasteiger partial charge in [-0.3, -0.25) is 9.59 Å². The van der Waals surface area contributed by atoms with Crippen LogP contribution in [0.4, 0.5) is 0 Å². The predicted molar refractivity (Wildman–Crippen MR) is 165 cm³/mol. The summed E-state index contributed by atoms with van der Waals surface area (Å²) >= 11 is 0. The maximum atomic E-state index is 12.8. The highest BCUT2D eigenvalue weighted by Crippen LogP contribution is 2.30. The fourth-order valence-corrected chi connectivity index (χ4v) is 5.76. The number of ether oxygens (including phenoxy) is 5. The Kier molecular flexibility index (Phi) is 12.9. The average molecular weight is 711 g/mol. The molecule has 1 unspecified atom stereocenters. The van der Waals surface area contributed by atoms with Gasteiger partial charge in [-0.05, 0) is 24.3 Å². The van der Waals surface area contributed by atoms with Crippen molar-refractivity contribution in [2.24, 2.45) is 0 Å². The average Bonchev–Trinajstić information content (AvgIpc) is 3.13. The molecule has 3 aliphatic heterocycles. The van der Waals surface area contributed by atoms with E-state index in [0.29, 0.717) is 5.56 Å². The fraction of sp³-hybridized carbons (Fsp3) is 0.562. The third kappa shape index (κ3) is 8.64. The van der Waals surface area contributed by atoms with Crippen LogP contribution in [0.1, 0.15) is 20.7 Å². The molecular weight excluding hydrogens is 668 g/mol. The standard InChI is InChI=1S/C32H42N2O16/c35-19-16(11-33-28(43)14-7-3-1-4-8-14)48-32(25(41)22(19)38)50-27-17(12-34-29(44)15-9-5-2-6-10-15)49-31(26(42)23(27)39)46-13-18-20(36)21(37)24(40)30(45)47-18/h1-10,16-27,30-32,35-42,45H,11-13H2,(H,33,43)(H,34,44)/t16-,17-,18-,19-,20+,21+,22+,23-,24-,25-,26-,27-,30?,31-,32-/m1/s1. The minimum Gasteiger partial charge on any atom is -0.388 e. The molecule has 18 nitrogen and oxygen atoms in total. The molecule has 18 heteroatoms. The summed E-state index contributed by atoms with van der Waals surface area (Å²) in [6.07, 6.45) is -25.4. The van der Waals surface area contributed by atoms with E-state index in [4.69, 9.17) is 23.7 Å². The largest absolute Gasteiger partial charge is 0.388 e. The fourth-order valence-electron chi connectivity index (χ4n) is 5.76. The molecule has 3 aliphatic rings. The number of benzene rings is 2. The van der Waals surface area contributed by atoms with Gasteiger partial charge in [0.15, 0.2) is 18.9 Å². The number of carbonyl (C=O) groups excluding carboxylic acids is 2. The van der Waals surface area contributed by atoms with Crippen molar-refractivity contribution in [2.45, 2.75) is 92.1 Å². The maximum Gasteiger partial charge on any atom is 0.251 e. The van der Waals surface area contributed by atoms with E-state index >= 15 is 0 Å². The molecule has 0 saturated carbocycles. The molecular formula is C32H42N2O16. The Labute approximate surface area is 285 Å². The molecule has 5 rings (SSSR count). The molecule has 0 bridgehead atoms. The van der Waals surface area contributed by atoms with Gasteiger partial charge < -0.3 is 80.3 Å².